The Kier molecular flexibility index (Phi) is 3.21. The zero-order valence-corrected chi connectivity index (χ0v) is 11.2. The van der Waals surface area contributed by atoms with Crippen LogP contribution >= 0.6 is 11.8 Å². The Morgan fingerprint density at radius 3 is 2.11 bits per heavy atom. The van der Waals surface area contributed by atoms with Crippen molar-refractivity contribution in [2.24, 2.45) is 4.99 Å². The van der Waals surface area contributed by atoms with Crippen molar-refractivity contribution in [3.8, 4) is 0 Å². The summed E-state index contributed by atoms with van der Waals surface area (Å²) in [6, 6.07) is 5.38. The Morgan fingerprint density at radius 1 is 1.17 bits per heavy atom. The van der Waals surface area contributed by atoms with Crippen molar-refractivity contribution < 1.29 is 13.2 Å². The summed E-state index contributed by atoms with van der Waals surface area (Å²) in [6.07, 6.45) is -4.27. The van der Waals surface area contributed by atoms with Crippen molar-refractivity contribution in [2.75, 3.05) is 0 Å². The van der Waals surface area contributed by atoms with Gasteiger partial charge < -0.3 is 0 Å². The van der Waals surface area contributed by atoms with Gasteiger partial charge in [0.1, 0.15) is 0 Å². The normalized spacial score (nSPS) is 23.0. The maximum Gasteiger partial charge on any atom is 0.416 e. The maximum absolute atomic E-state index is 12.5. The van der Waals surface area contributed by atoms with Crippen molar-refractivity contribution in [3.05, 3.63) is 35.4 Å². The van der Waals surface area contributed by atoms with Gasteiger partial charge in [-0.1, -0.05) is 12.1 Å². The minimum Gasteiger partial charge on any atom is -0.276 e. The number of benzene rings is 1. The van der Waals surface area contributed by atoms with Crippen molar-refractivity contribution in [3.63, 3.8) is 0 Å². The molecule has 1 atom stereocenters. The van der Waals surface area contributed by atoms with Crippen LogP contribution in [-0.2, 0) is 6.18 Å². The third kappa shape index (κ3) is 2.55. The molecular formula is C13H14F3NS. The summed E-state index contributed by atoms with van der Waals surface area (Å²) in [5.41, 5.74) is 0.0115. The lowest BCUT2D eigenvalue weighted by molar-refractivity contribution is -0.137. The standard InChI is InChI=1S/C13H14F3NS/c1-8-17-12(2,3)11(18-8)9-4-6-10(7-5-9)13(14,15)16/h4-7,11H,1-3H3. The molecule has 1 aliphatic rings. The Morgan fingerprint density at radius 2 is 1.72 bits per heavy atom. The lowest BCUT2D eigenvalue weighted by Crippen LogP contribution is -2.21. The Labute approximate surface area is 108 Å². The van der Waals surface area contributed by atoms with Crippen LogP contribution in [0.15, 0.2) is 29.3 Å². The highest BCUT2D eigenvalue weighted by Gasteiger charge is 2.37. The van der Waals surface area contributed by atoms with Gasteiger partial charge in [0.05, 0.1) is 21.4 Å². The van der Waals surface area contributed by atoms with Gasteiger partial charge in [-0.25, -0.2) is 0 Å². The molecule has 0 N–H and O–H groups in total. The molecule has 18 heavy (non-hydrogen) atoms. The minimum absolute atomic E-state index is 0.0831. The highest BCUT2D eigenvalue weighted by molar-refractivity contribution is 8.14. The van der Waals surface area contributed by atoms with Gasteiger partial charge in [-0.05, 0) is 38.5 Å². The van der Waals surface area contributed by atoms with Gasteiger partial charge in [0.15, 0.2) is 0 Å². The topological polar surface area (TPSA) is 12.4 Å². The van der Waals surface area contributed by atoms with Crippen molar-refractivity contribution in [2.45, 2.75) is 37.7 Å². The van der Waals surface area contributed by atoms with Crippen LogP contribution in [0.1, 0.15) is 37.1 Å². The second kappa shape index (κ2) is 4.30. The molecule has 2 rings (SSSR count). The SMILES string of the molecule is CC1=NC(C)(C)C(c2ccc(C(F)(F)F)cc2)S1. The quantitative estimate of drug-likeness (QED) is 0.723. The lowest BCUT2D eigenvalue weighted by atomic mass is 9.94. The predicted octanol–water partition coefficient (Wildman–Crippen LogP) is 4.69. The lowest BCUT2D eigenvalue weighted by Gasteiger charge is -2.24. The summed E-state index contributed by atoms with van der Waals surface area (Å²) in [6.45, 7) is 5.92. The van der Waals surface area contributed by atoms with E-state index in [0.717, 1.165) is 22.7 Å². The molecule has 0 spiro atoms. The van der Waals surface area contributed by atoms with Crippen LogP contribution in [0, 0.1) is 0 Å². The van der Waals surface area contributed by atoms with E-state index >= 15 is 0 Å². The molecule has 1 aliphatic heterocycles. The highest BCUT2D eigenvalue weighted by atomic mass is 32.2. The molecule has 1 aromatic carbocycles. The molecule has 0 saturated heterocycles. The smallest absolute Gasteiger partial charge is 0.276 e. The zero-order valence-electron chi connectivity index (χ0n) is 10.4. The van der Waals surface area contributed by atoms with Gasteiger partial charge in [0.2, 0.25) is 0 Å². The molecule has 1 nitrogen and oxygen atoms in total. The van der Waals surface area contributed by atoms with Crippen LogP contribution in [-0.4, -0.2) is 10.6 Å². The Bertz CT molecular complexity index is 474. The second-order valence-electron chi connectivity index (χ2n) is 4.90. The molecule has 0 fully saturated rings. The number of rotatable bonds is 1. The van der Waals surface area contributed by atoms with Crippen molar-refractivity contribution >= 4 is 16.8 Å². The largest absolute Gasteiger partial charge is 0.416 e. The zero-order chi connectivity index (χ0) is 13.6. The number of halogens is 3. The maximum atomic E-state index is 12.5. The van der Waals surface area contributed by atoms with E-state index < -0.39 is 11.7 Å². The molecule has 98 valence electrons. The van der Waals surface area contributed by atoms with E-state index in [9.17, 15) is 13.2 Å². The third-order valence-corrected chi connectivity index (χ3v) is 4.43. The fraction of sp³-hybridized carbons (Fsp3) is 0.462. The molecule has 0 amide bonds. The van der Waals surface area contributed by atoms with Crippen LogP contribution in [0.25, 0.3) is 0 Å². The number of hydrogen-bond donors (Lipinski definition) is 0. The summed E-state index contributed by atoms with van der Waals surface area (Å²) in [5, 5.41) is 1.06. The molecule has 0 radical (unpaired) electrons. The van der Waals surface area contributed by atoms with Crippen molar-refractivity contribution in [1.82, 2.24) is 0 Å². The van der Waals surface area contributed by atoms with E-state index in [1.807, 2.05) is 20.8 Å². The van der Waals surface area contributed by atoms with Crippen LogP contribution in [0.2, 0.25) is 0 Å². The monoisotopic (exact) mass is 273 g/mol. The van der Waals surface area contributed by atoms with Crippen LogP contribution in [0.3, 0.4) is 0 Å². The number of aliphatic imine (C=N–C) groups is 1. The molecule has 1 aromatic rings. The summed E-state index contributed by atoms with van der Waals surface area (Å²) < 4.78 is 37.4. The van der Waals surface area contributed by atoms with Gasteiger partial charge in [-0.15, -0.1) is 11.8 Å². The summed E-state index contributed by atoms with van der Waals surface area (Å²) >= 11 is 1.61. The molecule has 1 unspecified atom stereocenters. The summed E-state index contributed by atoms with van der Waals surface area (Å²) in [4.78, 5) is 4.51. The first-order valence-corrected chi connectivity index (χ1v) is 6.48. The van der Waals surface area contributed by atoms with E-state index in [0.29, 0.717) is 0 Å². The Hall–Kier alpha value is -0.970. The first-order valence-electron chi connectivity index (χ1n) is 5.60. The number of alkyl halides is 3. The van der Waals surface area contributed by atoms with Crippen LogP contribution in [0.5, 0.6) is 0 Å². The molecule has 1 heterocycles. The molecular weight excluding hydrogens is 259 g/mol. The van der Waals surface area contributed by atoms with E-state index in [2.05, 4.69) is 4.99 Å². The van der Waals surface area contributed by atoms with Gasteiger partial charge >= 0.3 is 6.18 Å². The fourth-order valence-electron chi connectivity index (χ4n) is 2.13. The molecule has 0 aromatic heterocycles. The minimum atomic E-state index is -4.27. The molecule has 0 bridgehead atoms. The number of nitrogens with zero attached hydrogens (tertiary/aromatic N) is 1. The van der Waals surface area contributed by atoms with Gasteiger partial charge in [-0.2, -0.15) is 13.2 Å². The molecule has 5 heteroatoms. The van der Waals surface area contributed by atoms with E-state index in [4.69, 9.17) is 0 Å². The van der Waals surface area contributed by atoms with Gasteiger partial charge in [0.25, 0.3) is 0 Å². The van der Waals surface area contributed by atoms with Crippen LogP contribution < -0.4 is 0 Å². The average molecular weight is 273 g/mol. The van der Waals surface area contributed by atoms with Gasteiger partial charge in [-0.3, -0.25) is 4.99 Å². The average Bonchev–Trinajstić information content (AvgIpc) is 2.51. The van der Waals surface area contributed by atoms with E-state index in [-0.39, 0.29) is 10.8 Å². The van der Waals surface area contributed by atoms with Crippen LogP contribution in [0.4, 0.5) is 13.2 Å². The molecule has 0 saturated carbocycles. The van der Waals surface area contributed by atoms with E-state index in [1.54, 1.807) is 23.9 Å². The second-order valence-corrected chi connectivity index (χ2v) is 6.20. The Balaban J connectivity index is 2.27. The number of thioether (sulfide) groups is 1. The first-order chi connectivity index (χ1) is 8.20. The summed E-state index contributed by atoms with van der Waals surface area (Å²) in [7, 11) is 0. The van der Waals surface area contributed by atoms with E-state index in [1.165, 1.54) is 0 Å². The first kappa shape index (κ1) is 13.5. The predicted molar refractivity (Wildman–Crippen MR) is 69.0 cm³/mol. The highest BCUT2D eigenvalue weighted by Crippen LogP contribution is 2.47. The fourth-order valence-corrected chi connectivity index (χ4v) is 3.39. The third-order valence-electron chi connectivity index (χ3n) is 2.92. The van der Waals surface area contributed by atoms with Crippen molar-refractivity contribution in [1.29, 1.82) is 0 Å². The van der Waals surface area contributed by atoms with Gasteiger partial charge in [0, 0.05) is 0 Å². The summed E-state index contributed by atoms with van der Waals surface area (Å²) in [5.74, 6) is 0. The number of hydrogen-bond acceptors (Lipinski definition) is 2. The molecule has 0 aliphatic carbocycles.